The molecule has 0 radical (unpaired) electrons. The molecule has 0 aliphatic heterocycles. The molecule has 0 nitrogen and oxygen atoms in total. The highest BCUT2D eigenvalue weighted by molar-refractivity contribution is 6.61. The molecule has 0 saturated heterocycles. The van der Waals surface area contributed by atoms with Gasteiger partial charge in [0.15, 0.2) is 0 Å². The Morgan fingerprint density at radius 3 is 1.58 bits per heavy atom. The summed E-state index contributed by atoms with van der Waals surface area (Å²) in [6.07, 6.45) is 28.2. The normalized spacial score (nSPS) is 15.6. The van der Waals surface area contributed by atoms with E-state index in [4.69, 9.17) is 0 Å². The molecule has 1 heteroatoms. The standard InChI is InChI=1S/C37H56Si/c1-3-4-5-6-7-8-9-10-11-12-13-14-15-16-17-24-29-36-32(2)34(30-33-25-20-18-21-26-33)31-37(36)38-35-27-22-19-23-28-35/h18-23,25-28,31,36H,3-17,24,29-30,38H2,1-2H3. The van der Waals surface area contributed by atoms with Gasteiger partial charge in [0.2, 0.25) is 0 Å². The molecule has 38 heavy (non-hydrogen) atoms. The first-order valence-electron chi connectivity index (χ1n) is 16.3. The Kier molecular flexibility index (Phi) is 15.5. The van der Waals surface area contributed by atoms with E-state index in [1.54, 1.807) is 21.5 Å². The van der Waals surface area contributed by atoms with Crippen LogP contribution in [0.1, 0.15) is 129 Å². The first kappa shape index (κ1) is 30.7. The van der Waals surface area contributed by atoms with Crippen LogP contribution in [0.3, 0.4) is 0 Å². The third kappa shape index (κ3) is 11.9. The van der Waals surface area contributed by atoms with Gasteiger partial charge < -0.3 is 0 Å². The molecule has 0 fully saturated rings. The highest BCUT2D eigenvalue weighted by Gasteiger charge is 2.24. The van der Waals surface area contributed by atoms with E-state index in [0.717, 1.165) is 6.42 Å². The Labute approximate surface area is 238 Å². The van der Waals surface area contributed by atoms with E-state index in [1.165, 1.54) is 115 Å². The number of hydrogen-bond acceptors (Lipinski definition) is 0. The van der Waals surface area contributed by atoms with Crippen molar-refractivity contribution in [2.24, 2.45) is 5.92 Å². The second kappa shape index (κ2) is 19.2. The second-order valence-electron chi connectivity index (χ2n) is 11.9. The van der Waals surface area contributed by atoms with Crippen molar-refractivity contribution in [1.82, 2.24) is 0 Å². The largest absolute Gasteiger partial charge is 0.0832 e. The Hall–Kier alpha value is -1.86. The maximum atomic E-state index is 2.61. The lowest BCUT2D eigenvalue weighted by Gasteiger charge is -2.18. The van der Waals surface area contributed by atoms with Crippen LogP contribution >= 0.6 is 0 Å². The van der Waals surface area contributed by atoms with E-state index < -0.39 is 0 Å². The van der Waals surface area contributed by atoms with E-state index in [2.05, 4.69) is 80.6 Å². The van der Waals surface area contributed by atoms with Crippen LogP contribution in [0.15, 0.2) is 83.1 Å². The average Bonchev–Trinajstić information content (AvgIpc) is 3.22. The third-order valence-electron chi connectivity index (χ3n) is 8.67. The van der Waals surface area contributed by atoms with Gasteiger partial charge in [0.1, 0.15) is 0 Å². The summed E-state index contributed by atoms with van der Waals surface area (Å²) in [5.41, 5.74) is 4.70. The molecule has 1 atom stereocenters. The minimum Gasteiger partial charge on any atom is -0.0753 e. The molecule has 0 saturated carbocycles. The topological polar surface area (TPSA) is 0 Å². The van der Waals surface area contributed by atoms with Crippen molar-refractivity contribution in [3.8, 4) is 0 Å². The van der Waals surface area contributed by atoms with Crippen LogP contribution in [0, 0.1) is 5.92 Å². The average molecular weight is 529 g/mol. The Morgan fingerprint density at radius 2 is 1.05 bits per heavy atom. The quantitative estimate of drug-likeness (QED) is 0.112. The van der Waals surface area contributed by atoms with Gasteiger partial charge >= 0.3 is 0 Å². The summed E-state index contributed by atoms with van der Waals surface area (Å²) in [6, 6.07) is 22.3. The zero-order valence-corrected chi connectivity index (χ0v) is 26.3. The fraction of sp³-hybridized carbons (Fsp3) is 0.568. The van der Waals surface area contributed by atoms with Crippen molar-refractivity contribution in [2.75, 3.05) is 0 Å². The highest BCUT2D eigenvalue weighted by atomic mass is 28.2. The highest BCUT2D eigenvalue weighted by Crippen LogP contribution is 2.36. The molecular weight excluding hydrogens is 472 g/mol. The molecule has 0 aromatic heterocycles. The van der Waals surface area contributed by atoms with E-state index >= 15 is 0 Å². The summed E-state index contributed by atoms with van der Waals surface area (Å²) in [5, 5.41) is 3.37. The lowest BCUT2D eigenvalue weighted by atomic mass is 9.93. The lowest BCUT2D eigenvalue weighted by molar-refractivity contribution is 0.519. The van der Waals surface area contributed by atoms with Crippen molar-refractivity contribution in [3.63, 3.8) is 0 Å². The Bertz CT molecular complexity index is 924. The van der Waals surface area contributed by atoms with Gasteiger partial charge in [0.05, 0.1) is 9.52 Å². The number of benzene rings is 2. The monoisotopic (exact) mass is 528 g/mol. The summed E-state index contributed by atoms with van der Waals surface area (Å²) in [7, 11) is -0.383. The van der Waals surface area contributed by atoms with Crippen LogP contribution in [-0.2, 0) is 6.42 Å². The zero-order valence-electron chi connectivity index (χ0n) is 24.9. The fourth-order valence-corrected chi connectivity index (χ4v) is 8.34. The molecule has 0 spiro atoms. The first-order valence-corrected chi connectivity index (χ1v) is 17.7. The summed E-state index contributed by atoms with van der Waals surface area (Å²) < 4.78 is 0. The maximum absolute atomic E-state index is 2.61. The molecule has 0 amide bonds. The van der Waals surface area contributed by atoms with Gasteiger partial charge in [-0.25, -0.2) is 0 Å². The van der Waals surface area contributed by atoms with Crippen molar-refractivity contribution >= 4 is 14.7 Å². The van der Waals surface area contributed by atoms with Gasteiger partial charge in [-0.15, -0.1) is 0 Å². The predicted molar refractivity (Wildman–Crippen MR) is 173 cm³/mol. The molecule has 0 N–H and O–H groups in total. The minimum atomic E-state index is -0.383. The van der Waals surface area contributed by atoms with Crippen molar-refractivity contribution in [3.05, 3.63) is 88.6 Å². The maximum Gasteiger partial charge on any atom is 0.0832 e. The van der Waals surface area contributed by atoms with E-state index in [0.29, 0.717) is 5.92 Å². The first-order chi connectivity index (χ1) is 18.8. The van der Waals surface area contributed by atoms with Crippen molar-refractivity contribution in [1.29, 1.82) is 0 Å². The molecule has 1 unspecified atom stereocenters. The lowest BCUT2D eigenvalue weighted by Crippen LogP contribution is -2.20. The van der Waals surface area contributed by atoms with E-state index in [-0.39, 0.29) is 9.52 Å². The predicted octanol–water partition coefficient (Wildman–Crippen LogP) is 10.2. The van der Waals surface area contributed by atoms with Crippen LogP contribution < -0.4 is 5.19 Å². The van der Waals surface area contributed by atoms with Crippen LogP contribution in [0.2, 0.25) is 0 Å². The summed E-state index contributed by atoms with van der Waals surface area (Å²) in [4.78, 5) is 0. The van der Waals surface area contributed by atoms with Gasteiger partial charge in [0, 0.05) is 0 Å². The van der Waals surface area contributed by atoms with Crippen molar-refractivity contribution < 1.29 is 0 Å². The molecular formula is C37H56Si. The molecule has 0 heterocycles. The van der Waals surface area contributed by atoms with Gasteiger partial charge in [-0.2, -0.15) is 0 Å². The zero-order chi connectivity index (χ0) is 26.7. The summed E-state index contributed by atoms with van der Waals surface area (Å²) in [5.74, 6) is 0.701. The molecule has 1 aliphatic carbocycles. The van der Waals surface area contributed by atoms with Crippen LogP contribution in [-0.4, -0.2) is 9.52 Å². The molecule has 2 aromatic carbocycles. The fourth-order valence-electron chi connectivity index (χ4n) is 6.25. The number of unbranched alkanes of at least 4 members (excludes halogenated alkanes) is 15. The van der Waals surface area contributed by atoms with E-state index in [9.17, 15) is 0 Å². The molecule has 1 aliphatic rings. The Morgan fingerprint density at radius 1 is 0.579 bits per heavy atom. The van der Waals surface area contributed by atoms with Crippen LogP contribution in [0.5, 0.6) is 0 Å². The van der Waals surface area contributed by atoms with Gasteiger partial charge in [-0.05, 0) is 36.8 Å². The van der Waals surface area contributed by atoms with Gasteiger partial charge in [0.25, 0.3) is 0 Å². The van der Waals surface area contributed by atoms with Gasteiger partial charge in [-0.3, -0.25) is 0 Å². The van der Waals surface area contributed by atoms with Gasteiger partial charge in [-0.1, -0.05) is 192 Å². The third-order valence-corrected chi connectivity index (χ3v) is 10.7. The molecule has 3 rings (SSSR count). The van der Waals surface area contributed by atoms with E-state index in [1.807, 2.05) is 0 Å². The Balaban J connectivity index is 1.31. The molecule has 2 aromatic rings. The van der Waals surface area contributed by atoms with Crippen LogP contribution in [0.4, 0.5) is 0 Å². The van der Waals surface area contributed by atoms with Crippen LogP contribution in [0.25, 0.3) is 0 Å². The molecule has 208 valence electrons. The summed E-state index contributed by atoms with van der Waals surface area (Å²) >= 11 is 0. The SMILES string of the molecule is CCCCCCCCCCCCCCCCCCC1C([SiH2]c2ccccc2)=CC(Cc2ccccc2)=C1C. The minimum absolute atomic E-state index is 0.383. The summed E-state index contributed by atoms with van der Waals surface area (Å²) in [6.45, 7) is 4.73. The number of allylic oxidation sites excluding steroid dienone is 4. The smallest absolute Gasteiger partial charge is 0.0753 e. The number of rotatable bonds is 21. The van der Waals surface area contributed by atoms with Crippen molar-refractivity contribution in [2.45, 2.75) is 129 Å². The second-order valence-corrected chi connectivity index (χ2v) is 13.9. The molecule has 0 bridgehead atoms. The number of hydrogen-bond donors (Lipinski definition) is 0.